The third-order valence-corrected chi connectivity index (χ3v) is 5.95. The molecule has 3 fully saturated rings. The van der Waals surface area contributed by atoms with Gasteiger partial charge in [-0.1, -0.05) is 30.3 Å². The fourth-order valence-electron chi connectivity index (χ4n) is 4.30. The first-order valence-electron chi connectivity index (χ1n) is 10.1. The van der Waals surface area contributed by atoms with Crippen molar-refractivity contribution in [3.8, 4) is 0 Å². The lowest BCUT2D eigenvalue weighted by Crippen LogP contribution is -2.54. The maximum Gasteiger partial charge on any atom is 0.407 e. The Kier molecular flexibility index (Phi) is 5.57. The number of fused-ring (bicyclic) bond motifs is 2. The number of nitrogens with one attached hydrogen (secondary N) is 1. The Hall–Kier alpha value is -2.81. The van der Waals surface area contributed by atoms with Gasteiger partial charge in [0, 0.05) is 25.7 Å². The molecule has 0 saturated carbocycles. The van der Waals surface area contributed by atoms with Crippen LogP contribution in [0.5, 0.6) is 0 Å². The van der Waals surface area contributed by atoms with Crippen molar-refractivity contribution in [2.75, 3.05) is 19.6 Å². The van der Waals surface area contributed by atoms with Gasteiger partial charge < -0.3 is 20.2 Å². The van der Waals surface area contributed by atoms with Gasteiger partial charge in [-0.25, -0.2) is 9.59 Å². The topological polar surface area (TPSA) is 102 Å². The predicted molar refractivity (Wildman–Crippen MR) is 103 cm³/mol. The summed E-state index contributed by atoms with van der Waals surface area (Å²) in [7, 11) is 0. The van der Waals surface area contributed by atoms with E-state index in [4.69, 9.17) is 9.94 Å². The zero-order chi connectivity index (χ0) is 20.4. The lowest BCUT2D eigenvalue weighted by Gasteiger charge is -2.34. The van der Waals surface area contributed by atoms with Crippen LogP contribution in [0, 0.1) is 0 Å². The summed E-state index contributed by atoms with van der Waals surface area (Å²) in [6.45, 7) is 1.63. The first-order chi connectivity index (χ1) is 14.0. The smallest absolute Gasteiger partial charge is 0.407 e. The lowest BCUT2D eigenvalue weighted by atomic mass is 9.99. The largest absolute Gasteiger partial charge is 0.465 e. The molecule has 0 aliphatic carbocycles. The van der Waals surface area contributed by atoms with Crippen LogP contribution in [0.3, 0.4) is 0 Å². The molecule has 0 spiro atoms. The summed E-state index contributed by atoms with van der Waals surface area (Å²) in [5, 5.41) is 13.5. The number of hydroxylamine groups is 2. The van der Waals surface area contributed by atoms with Crippen molar-refractivity contribution in [1.29, 1.82) is 0 Å². The van der Waals surface area contributed by atoms with Crippen molar-refractivity contribution in [3.63, 3.8) is 0 Å². The minimum Gasteiger partial charge on any atom is -0.465 e. The molecule has 3 aliphatic rings. The Balaban J connectivity index is 1.31. The highest BCUT2D eigenvalue weighted by atomic mass is 16.7. The normalized spacial score (nSPS) is 24.7. The highest BCUT2D eigenvalue weighted by Gasteiger charge is 2.48. The van der Waals surface area contributed by atoms with Crippen molar-refractivity contribution in [2.45, 2.75) is 50.4 Å². The number of carbonyl (C=O) groups is 3. The van der Waals surface area contributed by atoms with E-state index in [0.29, 0.717) is 51.9 Å². The van der Waals surface area contributed by atoms with Crippen LogP contribution in [0.4, 0.5) is 9.59 Å². The van der Waals surface area contributed by atoms with E-state index in [1.807, 2.05) is 30.3 Å². The van der Waals surface area contributed by atoms with E-state index < -0.39 is 12.1 Å². The molecule has 9 nitrogen and oxygen atoms in total. The molecule has 2 atom stereocenters. The molecule has 4 amide bonds. The SMILES string of the molecule is O=C(NC1CCN(C(=O)O)CC1)[C@@H]1CC[C@@H]2CN1C(=O)N2OCc1ccccc1. The number of nitrogens with zero attached hydrogens (tertiary/aromatic N) is 3. The van der Waals surface area contributed by atoms with Gasteiger partial charge in [0.05, 0.1) is 6.04 Å². The quantitative estimate of drug-likeness (QED) is 0.780. The fourth-order valence-corrected chi connectivity index (χ4v) is 4.30. The highest BCUT2D eigenvalue weighted by molar-refractivity contribution is 5.88. The number of hydrogen-bond donors (Lipinski definition) is 2. The summed E-state index contributed by atoms with van der Waals surface area (Å²) in [5.74, 6) is -0.157. The minimum atomic E-state index is -0.925. The fraction of sp³-hybridized carbons (Fsp3) is 0.550. The van der Waals surface area contributed by atoms with E-state index >= 15 is 0 Å². The second-order valence-corrected chi connectivity index (χ2v) is 7.82. The molecule has 156 valence electrons. The van der Waals surface area contributed by atoms with Crippen molar-refractivity contribution in [3.05, 3.63) is 35.9 Å². The molecule has 0 unspecified atom stereocenters. The second kappa shape index (κ2) is 8.28. The first kappa shape index (κ1) is 19.5. The number of carbonyl (C=O) groups excluding carboxylic acids is 2. The van der Waals surface area contributed by atoms with E-state index in [1.54, 1.807) is 4.90 Å². The van der Waals surface area contributed by atoms with Crippen LogP contribution in [0.15, 0.2) is 30.3 Å². The average molecular weight is 402 g/mol. The van der Waals surface area contributed by atoms with E-state index in [1.165, 1.54) is 9.96 Å². The van der Waals surface area contributed by atoms with Crippen LogP contribution in [-0.2, 0) is 16.2 Å². The van der Waals surface area contributed by atoms with E-state index in [-0.39, 0.29) is 24.0 Å². The molecule has 1 aromatic rings. The Morgan fingerprint density at radius 1 is 1.10 bits per heavy atom. The molecule has 3 heterocycles. The van der Waals surface area contributed by atoms with Crippen molar-refractivity contribution in [2.24, 2.45) is 0 Å². The van der Waals surface area contributed by atoms with Gasteiger partial charge >= 0.3 is 12.1 Å². The van der Waals surface area contributed by atoms with Crippen LogP contribution >= 0.6 is 0 Å². The molecular formula is C20H26N4O5. The summed E-state index contributed by atoms with van der Waals surface area (Å²) in [6.07, 6.45) is 1.57. The van der Waals surface area contributed by atoms with Crippen LogP contribution < -0.4 is 5.32 Å². The van der Waals surface area contributed by atoms with E-state index in [2.05, 4.69) is 5.32 Å². The number of rotatable bonds is 5. The summed E-state index contributed by atoms with van der Waals surface area (Å²) < 4.78 is 0. The zero-order valence-corrected chi connectivity index (χ0v) is 16.2. The van der Waals surface area contributed by atoms with Gasteiger partial charge in [-0.3, -0.25) is 9.63 Å². The molecule has 9 heteroatoms. The van der Waals surface area contributed by atoms with E-state index in [0.717, 1.165) is 5.56 Å². The molecule has 4 rings (SSSR count). The molecule has 3 aliphatic heterocycles. The minimum absolute atomic E-state index is 0.0333. The Morgan fingerprint density at radius 2 is 1.83 bits per heavy atom. The number of carboxylic acid groups (broad SMARTS) is 1. The molecule has 3 saturated heterocycles. The average Bonchev–Trinajstić information content (AvgIpc) is 2.97. The summed E-state index contributed by atoms with van der Waals surface area (Å²) in [4.78, 5) is 45.4. The number of urea groups is 1. The van der Waals surface area contributed by atoms with Crippen LogP contribution in [0.1, 0.15) is 31.2 Å². The third-order valence-electron chi connectivity index (χ3n) is 5.95. The van der Waals surface area contributed by atoms with Gasteiger partial charge in [-0.05, 0) is 31.2 Å². The zero-order valence-electron chi connectivity index (χ0n) is 16.2. The van der Waals surface area contributed by atoms with Gasteiger partial charge in [0.15, 0.2) is 0 Å². The molecule has 2 bridgehead atoms. The Morgan fingerprint density at radius 3 is 2.52 bits per heavy atom. The number of amides is 4. The Bertz CT molecular complexity index is 765. The standard InChI is InChI=1S/C20H26N4O5/c25-18(21-15-8-10-22(11-9-15)20(27)28)17-7-6-16-12-23(17)19(26)24(16)29-13-14-4-2-1-3-5-14/h1-5,15-17H,6-13H2,(H,21,25)(H,27,28)/t16-,17+/m1/s1. The van der Waals surface area contributed by atoms with Crippen molar-refractivity contribution in [1.82, 2.24) is 20.2 Å². The number of benzene rings is 1. The molecule has 0 aromatic heterocycles. The van der Waals surface area contributed by atoms with Crippen LogP contribution in [0.2, 0.25) is 0 Å². The number of hydrogen-bond acceptors (Lipinski definition) is 4. The molecule has 2 N–H and O–H groups in total. The van der Waals surface area contributed by atoms with Crippen molar-refractivity contribution < 1.29 is 24.3 Å². The molecular weight excluding hydrogens is 376 g/mol. The monoisotopic (exact) mass is 402 g/mol. The van der Waals surface area contributed by atoms with Gasteiger partial charge in [-0.2, -0.15) is 5.06 Å². The third kappa shape index (κ3) is 4.14. The van der Waals surface area contributed by atoms with Crippen LogP contribution in [-0.4, -0.2) is 75.8 Å². The predicted octanol–water partition coefficient (Wildman–Crippen LogP) is 1.65. The summed E-state index contributed by atoms with van der Waals surface area (Å²) >= 11 is 0. The van der Waals surface area contributed by atoms with Gasteiger partial charge in [0.1, 0.15) is 12.6 Å². The number of piperidine rings is 2. The van der Waals surface area contributed by atoms with Gasteiger partial charge in [0.2, 0.25) is 5.91 Å². The Labute approximate surface area is 169 Å². The van der Waals surface area contributed by atoms with E-state index in [9.17, 15) is 14.4 Å². The lowest BCUT2D eigenvalue weighted by molar-refractivity contribution is -0.140. The van der Waals surface area contributed by atoms with Gasteiger partial charge in [-0.15, -0.1) is 0 Å². The second-order valence-electron chi connectivity index (χ2n) is 7.82. The molecule has 0 radical (unpaired) electrons. The molecule has 29 heavy (non-hydrogen) atoms. The highest BCUT2D eigenvalue weighted by Crippen LogP contribution is 2.30. The van der Waals surface area contributed by atoms with Crippen LogP contribution in [0.25, 0.3) is 0 Å². The maximum absolute atomic E-state index is 12.8. The van der Waals surface area contributed by atoms with Crippen molar-refractivity contribution >= 4 is 18.0 Å². The summed E-state index contributed by atoms with van der Waals surface area (Å²) in [5.41, 5.74) is 0.985. The first-order valence-corrected chi connectivity index (χ1v) is 10.1. The number of likely N-dealkylation sites (tertiary alicyclic amines) is 1. The molecule has 1 aromatic carbocycles. The van der Waals surface area contributed by atoms with Gasteiger partial charge in [0.25, 0.3) is 0 Å². The maximum atomic E-state index is 12.8. The summed E-state index contributed by atoms with van der Waals surface area (Å²) in [6, 6.07) is 8.82.